The highest BCUT2D eigenvalue weighted by molar-refractivity contribution is 6.76. The van der Waals surface area contributed by atoms with Gasteiger partial charge in [0.25, 0.3) is 0 Å². The molecule has 0 aliphatic rings. The van der Waals surface area contributed by atoms with Crippen LogP contribution >= 0.6 is 0 Å². The summed E-state index contributed by atoms with van der Waals surface area (Å²) < 4.78 is 13.9. The average molecular weight is 579 g/mol. The van der Waals surface area contributed by atoms with Gasteiger partial charge in [-0.2, -0.15) is 0 Å². The van der Waals surface area contributed by atoms with Gasteiger partial charge >= 0.3 is 5.97 Å². The first-order valence-corrected chi connectivity index (χ1v) is 18.0. The normalized spacial score (nSPS) is 12.1. The number of aryl methyl sites for hydroxylation is 2. The molecule has 0 spiro atoms. The number of carboxylic acid groups (broad SMARTS) is 1. The summed E-state index contributed by atoms with van der Waals surface area (Å²) >= 11 is 0. The molecule has 6 rings (SSSR count). The summed E-state index contributed by atoms with van der Waals surface area (Å²) in [5.41, 5.74) is 5.46. The Balaban J connectivity index is 1.29. The van der Waals surface area contributed by atoms with Crippen molar-refractivity contribution in [1.29, 1.82) is 0 Å². The standard InChI is InChI=1S/C33H34N4O4Si/c1-42(2,3)16-15-40-21-37-30-13-7-6-12-27(30)35-31(37)14-8-10-22-17-24(32-36-29(20-41-32)33(38)39)19-28-25(22)18-23-9-4-5-11-26(23)34-28/h4-7,9,11-13,17-20H,8,10,14-16,21H2,1-3H3,(H,38,39). The fraction of sp³-hybridized carbons (Fsp3) is 0.273. The Morgan fingerprint density at radius 1 is 0.929 bits per heavy atom. The van der Waals surface area contributed by atoms with Crippen LogP contribution in [0.15, 0.2) is 77.4 Å². The number of nitrogens with zero attached hydrogens (tertiary/aromatic N) is 4. The largest absolute Gasteiger partial charge is 0.476 e. The number of hydrogen-bond acceptors (Lipinski definition) is 6. The lowest BCUT2D eigenvalue weighted by Gasteiger charge is -2.16. The third kappa shape index (κ3) is 5.98. The predicted octanol–water partition coefficient (Wildman–Crippen LogP) is 7.58. The Morgan fingerprint density at radius 2 is 1.71 bits per heavy atom. The molecule has 0 aliphatic heterocycles. The first kappa shape index (κ1) is 27.8. The number of hydrogen-bond donors (Lipinski definition) is 1. The number of aromatic nitrogens is 4. The Bertz CT molecular complexity index is 1900. The summed E-state index contributed by atoms with van der Waals surface area (Å²) in [7, 11) is -1.17. The number of imidazole rings is 1. The molecule has 0 radical (unpaired) electrons. The number of aromatic carboxylic acids is 1. The highest BCUT2D eigenvalue weighted by Crippen LogP contribution is 2.30. The number of carbonyl (C=O) groups is 1. The van der Waals surface area contributed by atoms with Crippen molar-refractivity contribution >= 4 is 46.9 Å². The van der Waals surface area contributed by atoms with Gasteiger partial charge in [-0.25, -0.2) is 19.7 Å². The number of oxazole rings is 1. The molecule has 1 N–H and O–H groups in total. The fourth-order valence-electron chi connectivity index (χ4n) is 5.22. The van der Waals surface area contributed by atoms with E-state index in [0.717, 1.165) is 76.1 Å². The predicted molar refractivity (Wildman–Crippen MR) is 168 cm³/mol. The lowest BCUT2D eigenvalue weighted by molar-refractivity contribution is 0.0690. The second-order valence-electron chi connectivity index (χ2n) is 11.9. The van der Waals surface area contributed by atoms with Gasteiger partial charge in [0.05, 0.1) is 22.1 Å². The van der Waals surface area contributed by atoms with Gasteiger partial charge in [-0.15, -0.1) is 0 Å². The third-order valence-electron chi connectivity index (χ3n) is 7.49. The van der Waals surface area contributed by atoms with Gasteiger partial charge in [0, 0.05) is 37.4 Å². The molecule has 3 aromatic heterocycles. The maximum absolute atomic E-state index is 11.4. The number of para-hydroxylation sites is 3. The monoisotopic (exact) mass is 578 g/mol. The van der Waals surface area contributed by atoms with Gasteiger partial charge in [-0.3, -0.25) is 0 Å². The van der Waals surface area contributed by atoms with Crippen molar-refractivity contribution in [3.05, 3.63) is 90.1 Å². The average Bonchev–Trinajstić information content (AvgIpc) is 3.59. The van der Waals surface area contributed by atoms with Crippen LogP contribution in [0.2, 0.25) is 25.7 Å². The highest BCUT2D eigenvalue weighted by Gasteiger charge is 2.17. The molecule has 3 heterocycles. The van der Waals surface area contributed by atoms with Crippen LogP contribution in [-0.4, -0.2) is 45.3 Å². The van der Waals surface area contributed by atoms with Crippen LogP contribution in [0.4, 0.5) is 0 Å². The minimum atomic E-state index is -1.17. The van der Waals surface area contributed by atoms with Gasteiger partial charge in [0.1, 0.15) is 18.8 Å². The van der Waals surface area contributed by atoms with Crippen LogP contribution in [0.3, 0.4) is 0 Å². The number of benzene rings is 3. The van der Waals surface area contributed by atoms with E-state index >= 15 is 0 Å². The fourth-order valence-corrected chi connectivity index (χ4v) is 5.98. The number of pyridine rings is 1. The Kier molecular flexibility index (Phi) is 7.62. The van der Waals surface area contributed by atoms with Crippen molar-refractivity contribution in [2.45, 2.75) is 51.7 Å². The summed E-state index contributed by atoms with van der Waals surface area (Å²) in [6, 6.07) is 23.5. The van der Waals surface area contributed by atoms with E-state index in [0.29, 0.717) is 12.3 Å². The van der Waals surface area contributed by atoms with E-state index in [9.17, 15) is 9.90 Å². The summed E-state index contributed by atoms with van der Waals surface area (Å²) in [6.45, 7) is 8.33. The van der Waals surface area contributed by atoms with Crippen LogP contribution in [0.25, 0.3) is 44.3 Å². The molecular formula is C33H34N4O4Si. The SMILES string of the molecule is C[Si](C)(C)CCOCn1c(CCCc2cc(-c3nc(C(=O)O)co3)cc3nc4ccccc4cc23)nc2ccccc21. The van der Waals surface area contributed by atoms with E-state index in [1.54, 1.807) is 0 Å². The summed E-state index contributed by atoms with van der Waals surface area (Å²) in [5, 5.41) is 11.5. The maximum Gasteiger partial charge on any atom is 0.357 e. The Hall–Kier alpha value is -4.34. The van der Waals surface area contributed by atoms with E-state index in [4.69, 9.17) is 19.1 Å². The van der Waals surface area contributed by atoms with Crippen LogP contribution < -0.4 is 0 Å². The molecule has 0 fully saturated rings. The minimum absolute atomic E-state index is 0.121. The topological polar surface area (TPSA) is 103 Å². The van der Waals surface area contributed by atoms with Crippen LogP contribution in [-0.2, 0) is 24.3 Å². The molecule has 6 aromatic rings. The maximum atomic E-state index is 11.4. The quantitative estimate of drug-likeness (QED) is 0.0960. The molecule has 3 aromatic carbocycles. The van der Waals surface area contributed by atoms with Crippen molar-refractivity contribution in [2.75, 3.05) is 6.61 Å². The zero-order valence-corrected chi connectivity index (χ0v) is 25.1. The molecule has 0 atom stereocenters. The van der Waals surface area contributed by atoms with Gasteiger partial charge in [-0.1, -0.05) is 50.0 Å². The van der Waals surface area contributed by atoms with Crippen molar-refractivity contribution in [3.8, 4) is 11.5 Å². The van der Waals surface area contributed by atoms with E-state index in [1.165, 1.54) is 6.26 Å². The molecule has 42 heavy (non-hydrogen) atoms. The first-order valence-electron chi connectivity index (χ1n) is 14.3. The van der Waals surface area contributed by atoms with Gasteiger partial charge in [-0.05, 0) is 60.8 Å². The zero-order chi connectivity index (χ0) is 29.3. The minimum Gasteiger partial charge on any atom is -0.476 e. The van der Waals surface area contributed by atoms with E-state index in [-0.39, 0.29) is 11.6 Å². The molecule has 0 saturated heterocycles. The van der Waals surface area contributed by atoms with Crippen molar-refractivity contribution in [1.82, 2.24) is 19.5 Å². The van der Waals surface area contributed by atoms with Crippen LogP contribution in [0.5, 0.6) is 0 Å². The van der Waals surface area contributed by atoms with Gasteiger partial charge in [0.15, 0.2) is 5.69 Å². The molecule has 0 amide bonds. The third-order valence-corrected chi connectivity index (χ3v) is 9.19. The van der Waals surface area contributed by atoms with Crippen LogP contribution in [0.1, 0.15) is 28.3 Å². The Morgan fingerprint density at radius 3 is 2.50 bits per heavy atom. The zero-order valence-electron chi connectivity index (χ0n) is 24.1. The van der Waals surface area contributed by atoms with Crippen molar-refractivity contribution in [2.24, 2.45) is 0 Å². The Labute approximate surface area is 245 Å². The van der Waals surface area contributed by atoms with Gasteiger partial charge < -0.3 is 18.8 Å². The van der Waals surface area contributed by atoms with E-state index in [1.807, 2.05) is 48.5 Å². The van der Waals surface area contributed by atoms with Gasteiger partial charge in [0.2, 0.25) is 5.89 Å². The molecule has 0 unspecified atom stereocenters. The summed E-state index contributed by atoms with van der Waals surface area (Å²) in [5.74, 6) is 0.150. The second kappa shape index (κ2) is 11.5. The van der Waals surface area contributed by atoms with Crippen molar-refractivity contribution in [3.63, 3.8) is 0 Å². The first-order chi connectivity index (χ1) is 20.2. The highest BCUT2D eigenvalue weighted by atomic mass is 28.3. The lowest BCUT2D eigenvalue weighted by Crippen LogP contribution is -2.22. The smallest absolute Gasteiger partial charge is 0.357 e. The number of carboxylic acids is 1. The van der Waals surface area contributed by atoms with Crippen LogP contribution in [0, 0.1) is 0 Å². The molecule has 0 aliphatic carbocycles. The summed E-state index contributed by atoms with van der Waals surface area (Å²) in [4.78, 5) is 25.5. The molecule has 9 heteroatoms. The molecule has 214 valence electrons. The molecule has 0 bridgehead atoms. The van der Waals surface area contributed by atoms with Crippen molar-refractivity contribution < 1.29 is 19.1 Å². The lowest BCUT2D eigenvalue weighted by atomic mass is 9.98. The molecule has 8 nitrogen and oxygen atoms in total. The number of fused-ring (bicyclic) bond motifs is 3. The molecule has 0 saturated carbocycles. The van der Waals surface area contributed by atoms with E-state index in [2.05, 4.69) is 47.4 Å². The second-order valence-corrected chi connectivity index (χ2v) is 17.5. The van der Waals surface area contributed by atoms with E-state index < -0.39 is 14.0 Å². The summed E-state index contributed by atoms with van der Waals surface area (Å²) in [6.07, 6.45) is 3.58. The molecular weight excluding hydrogens is 544 g/mol. The number of rotatable bonds is 11. The number of ether oxygens (including phenoxy) is 1.